The molecule has 3 aromatic carbocycles. The van der Waals surface area contributed by atoms with E-state index in [1.165, 1.54) is 0 Å². The number of hydrogen-bond acceptors (Lipinski definition) is 3. The van der Waals surface area contributed by atoms with Gasteiger partial charge in [-0.25, -0.2) is 4.98 Å². The van der Waals surface area contributed by atoms with E-state index in [4.69, 9.17) is 9.72 Å². The number of hydrogen-bond donors (Lipinski definition) is 1. The van der Waals surface area contributed by atoms with Crippen LogP contribution in [0.25, 0.3) is 11.0 Å². The van der Waals surface area contributed by atoms with Crippen molar-refractivity contribution in [3.05, 3.63) is 90.3 Å². The van der Waals surface area contributed by atoms with E-state index in [0.717, 1.165) is 42.0 Å². The van der Waals surface area contributed by atoms with Gasteiger partial charge in [0.1, 0.15) is 17.3 Å². The number of carbonyl (C=O) groups is 1. The number of ether oxygens (including phenoxy) is 1. The van der Waals surface area contributed by atoms with Gasteiger partial charge in [-0.1, -0.05) is 30.3 Å². The molecule has 0 aliphatic carbocycles. The van der Waals surface area contributed by atoms with Crippen LogP contribution in [0.2, 0.25) is 0 Å². The van der Waals surface area contributed by atoms with E-state index in [1.54, 1.807) is 0 Å². The Morgan fingerprint density at radius 1 is 0.931 bits per heavy atom. The van der Waals surface area contributed by atoms with Crippen molar-refractivity contribution in [2.24, 2.45) is 0 Å². The summed E-state index contributed by atoms with van der Waals surface area (Å²) >= 11 is 0. The largest absolute Gasteiger partial charge is 0.457 e. The average Bonchev–Trinajstić information content (AvgIpc) is 3.41. The highest BCUT2D eigenvalue weighted by Crippen LogP contribution is 2.33. The zero-order chi connectivity index (χ0) is 19.6. The molecule has 29 heavy (non-hydrogen) atoms. The summed E-state index contributed by atoms with van der Waals surface area (Å²) in [4.78, 5) is 23.2. The van der Waals surface area contributed by atoms with Gasteiger partial charge in [-0.05, 0) is 61.4 Å². The van der Waals surface area contributed by atoms with E-state index in [1.807, 2.05) is 83.8 Å². The lowest BCUT2D eigenvalue weighted by atomic mass is 10.1. The molecule has 0 radical (unpaired) electrons. The molecule has 1 N–H and O–H groups in total. The molecule has 1 unspecified atom stereocenters. The van der Waals surface area contributed by atoms with Crippen LogP contribution in [-0.4, -0.2) is 27.3 Å². The molecule has 1 amide bonds. The molecule has 2 heterocycles. The predicted molar refractivity (Wildman–Crippen MR) is 112 cm³/mol. The van der Waals surface area contributed by atoms with Gasteiger partial charge in [0.15, 0.2) is 0 Å². The van der Waals surface area contributed by atoms with Crippen LogP contribution in [0.1, 0.15) is 35.1 Å². The van der Waals surface area contributed by atoms with E-state index >= 15 is 0 Å². The SMILES string of the molecule is O=C(c1ccc(Oc2ccccc2)cc1)N1CCCC1c1nc2ccccc2[nH]1. The number of fused-ring (bicyclic) bond motifs is 1. The Labute approximate surface area is 169 Å². The fourth-order valence-electron chi connectivity index (χ4n) is 3.88. The molecule has 1 fully saturated rings. The number of carbonyl (C=O) groups excluding carboxylic acids is 1. The molecular weight excluding hydrogens is 362 g/mol. The molecule has 5 heteroatoms. The number of benzene rings is 3. The molecule has 5 rings (SSSR count). The lowest BCUT2D eigenvalue weighted by Gasteiger charge is -2.23. The molecular formula is C24H21N3O2. The minimum absolute atomic E-state index is 0.0184. The molecule has 0 bridgehead atoms. The third-order valence-corrected chi connectivity index (χ3v) is 5.32. The number of aromatic amines is 1. The van der Waals surface area contributed by atoms with Gasteiger partial charge >= 0.3 is 0 Å². The number of para-hydroxylation sites is 3. The maximum Gasteiger partial charge on any atom is 0.254 e. The van der Waals surface area contributed by atoms with Crippen molar-refractivity contribution in [2.75, 3.05) is 6.54 Å². The molecule has 0 spiro atoms. The third kappa shape index (κ3) is 3.47. The Morgan fingerprint density at radius 3 is 2.45 bits per heavy atom. The van der Waals surface area contributed by atoms with Gasteiger partial charge in [-0.3, -0.25) is 4.79 Å². The van der Waals surface area contributed by atoms with Crippen molar-refractivity contribution in [1.82, 2.24) is 14.9 Å². The first kappa shape index (κ1) is 17.5. The molecule has 1 aliphatic rings. The molecule has 5 nitrogen and oxygen atoms in total. The van der Waals surface area contributed by atoms with Crippen LogP contribution in [0.15, 0.2) is 78.9 Å². The summed E-state index contributed by atoms with van der Waals surface area (Å²) in [5.41, 5.74) is 2.60. The number of nitrogens with one attached hydrogen (secondary N) is 1. The summed E-state index contributed by atoms with van der Waals surface area (Å²) < 4.78 is 5.82. The summed E-state index contributed by atoms with van der Waals surface area (Å²) in [6, 6.07) is 24.9. The maximum atomic E-state index is 13.2. The Hall–Kier alpha value is -3.60. The van der Waals surface area contributed by atoms with Crippen molar-refractivity contribution in [1.29, 1.82) is 0 Å². The number of imidazole rings is 1. The first-order valence-electron chi connectivity index (χ1n) is 9.86. The molecule has 1 atom stereocenters. The van der Waals surface area contributed by atoms with Crippen LogP contribution in [0, 0.1) is 0 Å². The normalized spacial score (nSPS) is 16.3. The predicted octanol–water partition coefficient (Wildman–Crippen LogP) is 5.33. The summed E-state index contributed by atoms with van der Waals surface area (Å²) in [6.07, 6.45) is 1.89. The first-order chi connectivity index (χ1) is 14.3. The van der Waals surface area contributed by atoms with E-state index in [9.17, 15) is 4.79 Å². The number of nitrogens with zero attached hydrogens (tertiary/aromatic N) is 2. The van der Waals surface area contributed by atoms with Crippen molar-refractivity contribution in [3.8, 4) is 11.5 Å². The van der Waals surface area contributed by atoms with Crippen molar-refractivity contribution in [3.63, 3.8) is 0 Å². The third-order valence-electron chi connectivity index (χ3n) is 5.32. The van der Waals surface area contributed by atoms with Gasteiger partial charge in [-0.15, -0.1) is 0 Å². The molecule has 144 valence electrons. The smallest absolute Gasteiger partial charge is 0.254 e. The van der Waals surface area contributed by atoms with Crippen LogP contribution in [0.5, 0.6) is 11.5 Å². The standard InChI is InChI=1S/C24H21N3O2/c28-24(17-12-14-19(15-13-17)29-18-7-2-1-3-8-18)27-16-6-11-22(27)23-25-20-9-4-5-10-21(20)26-23/h1-5,7-10,12-15,22H,6,11,16H2,(H,25,26). The van der Waals surface area contributed by atoms with E-state index in [0.29, 0.717) is 11.3 Å². The Balaban J connectivity index is 1.35. The topological polar surface area (TPSA) is 58.2 Å². The van der Waals surface area contributed by atoms with Crippen molar-refractivity contribution >= 4 is 16.9 Å². The molecule has 1 aliphatic heterocycles. The lowest BCUT2D eigenvalue weighted by molar-refractivity contribution is 0.0730. The molecule has 4 aromatic rings. The number of H-pyrrole nitrogens is 1. The second-order valence-corrected chi connectivity index (χ2v) is 7.24. The van der Waals surface area contributed by atoms with Gasteiger partial charge in [-0.2, -0.15) is 0 Å². The number of rotatable bonds is 4. The lowest BCUT2D eigenvalue weighted by Crippen LogP contribution is -2.31. The van der Waals surface area contributed by atoms with Crippen LogP contribution < -0.4 is 4.74 Å². The second-order valence-electron chi connectivity index (χ2n) is 7.24. The number of likely N-dealkylation sites (tertiary alicyclic amines) is 1. The minimum Gasteiger partial charge on any atom is -0.457 e. The van der Waals surface area contributed by atoms with Gasteiger partial charge < -0.3 is 14.6 Å². The first-order valence-corrected chi connectivity index (χ1v) is 9.86. The highest BCUT2D eigenvalue weighted by Gasteiger charge is 2.32. The van der Waals surface area contributed by atoms with Crippen LogP contribution in [-0.2, 0) is 0 Å². The van der Waals surface area contributed by atoms with Crippen LogP contribution in [0.4, 0.5) is 0 Å². The van der Waals surface area contributed by atoms with Gasteiger partial charge in [0, 0.05) is 12.1 Å². The van der Waals surface area contributed by atoms with Crippen molar-refractivity contribution < 1.29 is 9.53 Å². The summed E-state index contributed by atoms with van der Waals surface area (Å²) in [5.74, 6) is 2.37. The van der Waals surface area contributed by atoms with Crippen molar-refractivity contribution in [2.45, 2.75) is 18.9 Å². The zero-order valence-electron chi connectivity index (χ0n) is 15.9. The maximum absolute atomic E-state index is 13.2. The van der Waals surface area contributed by atoms with E-state index in [-0.39, 0.29) is 11.9 Å². The Kier molecular flexibility index (Phi) is 4.48. The monoisotopic (exact) mass is 383 g/mol. The van der Waals surface area contributed by atoms with Gasteiger partial charge in [0.25, 0.3) is 5.91 Å². The molecule has 0 saturated carbocycles. The minimum atomic E-state index is -0.0184. The summed E-state index contributed by atoms with van der Waals surface area (Å²) in [5, 5.41) is 0. The summed E-state index contributed by atoms with van der Waals surface area (Å²) in [7, 11) is 0. The van der Waals surface area contributed by atoms with Gasteiger partial charge in [0.2, 0.25) is 0 Å². The van der Waals surface area contributed by atoms with Crippen LogP contribution >= 0.6 is 0 Å². The fraction of sp³-hybridized carbons (Fsp3) is 0.167. The van der Waals surface area contributed by atoms with E-state index in [2.05, 4.69) is 4.98 Å². The number of amides is 1. The highest BCUT2D eigenvalue weighted by molar-refractivity contribution is 5.94. The zero-order valence-corrected chi connectivity index (χ0v) is 15.9. The Bertz CT molecular complexity index is 1100. The fourth-order valence-corrected chi connectivity index (χ4v) is 3.88. The highest BCUT2D eigenvalue weighted by atomic mass is 16.5. The van der Waals surface area contributed by atoms with Gasteiger partial charge in [0.05, 0.1) is 17.1 Å². The quantitative estimate of drug-likeness (QED) is 0.518. The second kappa shape index (κ2) is 7.43. The number of aromatic nitrogens is 2. The molecule has 1 saturated heterocycles. The Morgan fingerprint density at radius 2 is 1.66 bits per heavy atom. The van der Waals surface area contributed by atoms with E-state index < -0.39 is 0 Å². The summed E-state index contributed by atoms with van der Waals surface area (Å²) in [6.45, 7) is 0.739. The molecule has 1 aromatic heterocycles. The average molecular weight is 383 g/mol. The van der Waals surface area contributed by atoms with Crippen LogP contribution in [0.3, 0.4) is 0 Å².